The van der Waals surface area contributed by atoms with Crippen LogP contribution in [0.1, 0.15) is 24.1 Å². The number of aromatic amines is 1. The summed E-state index contributed by atoms with van der Waals surface area (Å²) in [6.45, 7) is 1.63. The van der Waals surface area contributed by atoms with E-state index in [4.69, 9.17) is 4.74 Å². The number of imidazole rings is 1. The summed E-state index contributed by atoms with van der Waals surface area (Å²) in [6, 6.07) is 19.3. The highest BCUT2D eigenvalue weighted by Crippen LogP contribution is 2.19. The van der Waals surface area contributed by atoms with Crippen LogP contribution >= 0.6 is 0 Å². The van der Waals surface area contributed by atoms with Gasteiger partial charge >= 0.3 is 0 Å². The highest BCUT2D eigenvalue weighted by atomic mass is 16.5. The number of aryl methyl sites for hydroxylation is 2. The van der Waals surface area contributed by atoms with Crippen LogP contribution in [0.3, 0.4) is 0 Å². The predicted molar refractivity (Wildman–Crippen MR) is 97.9 cm³/mol. The molecule has 0 aliphatic carbocycles. The molecule has 0 atom stereocenters. The molecule has 0 bridgehead atoms. The first-order valence-corrected chi connectivity index (χ1v) is 8.61. The molecule has 0 spiro atoms. The Bertz CT molecular complexity index is 690. The number of H-pyrrole nitrogens is 1. The molecular weight excluding hydrogens is 296 g/mol. The van der Waals surface area contributed by atoms with Crippen LogP contribution < -0.4 is 0 Å². The average Bonchev–Trinajstić information content (AvgIpc) is 3.16. The number of hydrogen-bond donors (Lipinski definition) is 1. The maximum atomic E-state index is 5.71. The molecule has 3 rings (SSSR count). The van der Waals surface area contributed by atoms with Crippen LogP contribution in [0.15, 0.2) is 67.1 Å². The van der Waals surface area contributed by atoms with Crippen molar-refractivity contribution in [2.45, 2.75) is 25.7 Å². The second-order valence-corrected chi connectivity index (χ2v) is 5.96. The van der Waals surface area contributed by atoms with Crippen molar-refractivity contribution in [3.63, 3.8) is 0 Å². The Morgan fingerprint density at radius 2 is 1.50 bits per heavy atom. The Morgan fingerprint density at radius 1 is 0.792 bits per heavy atom. The molecule has 1 N–H and O–H groups in total. The van der Waals surface area contributed by atoms with Gasteiger partial charge in [0.15, 0.2) is 0 Å². The van der Waals surface area contributed by atoms with Crippen molar-refractivity contribution in [2.24, 2.45) is 0 Å². The molecule has 1 aromatic heterocycles. The lowest BCUT2D eigenvalue weighted by atomic mass is 10.0. The van der Waals surface area contributed by atoms with E-state index in [1.165, 1.54) is 22.4 Å². The monoisotopic (exact) mass is 320 g/mol. The number of benzene rings is 2. The van der Waals surface area contributed by atoms with Crippen LogP contribution in [0.5, 0.6) is 0 Å². The van der Waals surface area contributed by atoms with Gasteiger partial charge in [-0.3, -0.25) is 0 Å². The van der Waals surface area contributed by atoms with Crippen molar-refractivity contribution in [2.75, 3.05) is 13.2 Å². The Balaban J connectivity index is 1.32. The van der Waals surface area contributed by atoms with Gasteiger partial charge in [0.25, 0.3) is 0 Å². The smallest absolute Gasteiger partial charge is 0.0921 e. The lowest BCUT2D eigenvalue weighted by Crippen LogP contribution is -2.00. The highest BCUT2D eigenvalue weighted by Gasteiger charge is 1.99. The maximum Gasteiger partial charge on any atom is 0.0921 e. The number of rotatable bonds is 9. The molecule has 3 nitrogen and oxygen atoms in total. The fraction of sp³-hybridized carbons (Fsp3) is 0.286. The van der Waals surface area contributed by atoms with E-state index in [0.29, 0.717) is 0 Å². The van der Waals surface area contributed by atoms with E-state index < -0.39 is 0 Å². The van der Waals surface area contributed by atoms with Gasteiger partial charge in [-0.05, 0) is 42.4 Å². The molecule has 3 aromatic rings. The summed E-state index contributed by atoms with van der Waals surface area (Å²) in [5.41, 5.74) is 5.09. The molecule has 0 saturated heterocycles. The lowest BCUT2D eigenvalue weighted by molar-refractivity contribution is 0.129. The minimum Gasteiger partial charge on any atom is -0.381 e. The lowest BCUT2D eigenvalue weighted by Gasteiger charge is -2.06. The molecule has 2 aromatic carbocycles. The van der Waals surface area contributed by atoms with E-state index in [0.717, 1.165) is 38.9 Å². The molecule has 3 heteroatoms. The topological polar surface area (TPSA) is 37.9 Å². The molecular formula is C21H24N2O. The third-order valence-electron chi connectivity index (χ3n) is 4.10. The summed E-state index contributed by atoms with van der Waals surface area (Å²) < 4.78 is 5.71. The zero-order valence-electron chi connectivity index (χ0n) is 13.9. The van der Waals surface area contributed by atoms with Crippen molar-refractivity contribution in [3.05, 3.63) is 78.4 Å². The minimum atomic E-state index is 0.811. The molecule has 0 saturated carbocycles. The summed E-state index contributed by atoms with van der Waals surface area (Å²) in [5, 5.41) is 0. The Kier molecular flexibility index (Phi) is 6.20. The van der Waals surface area contributed by atoms with Crippen molar-refractivity contribution in [1.29, 1.82) is 0 Å². The number of nitrogens with zero attached hydrogens (tertiary/aromatic N) is 1. The van der Waals surface area contributed by atoms with Crippen molar-refractivity contribution < 1.29 is 4.74 Å². The number of hydrogen-bond acceptors (Lipinski definition) is 2. The van der Waals surface area contributed by atoms with Crippen LogP contribution in [0.4, 0.5) is 0 Å². The van der Waals surface area contributed by atoms with Crippen LogP contribution in [0.2, 0.25) is 0 Å². The van der Waals surface area contributed by atoms with Crippen molar-refractivity contribution in [3.8, 4) is 11.1 Å². The zero-order valence-corrected chi connectivity index (χ0v) is 13.9. The normalized spacial score (nSPS) is 10.8. The summed E-state index contributed by atoms with van der Waals surface area (Å²) in [6.07, 6.45) is 7.76. The fourth-order valence-electron chi connectivity index (χ4n) is 2.76. The standard InChI is InChI=1S/C21H24N2O/c1-2-7-19(8-3-1)20-12-10-18(11-13-20)6-4-14-24-15-5-9-21-16-22-17-23-21/h1-3,7-8,10-13,16-17H,4-6,9,14-15H2,(H,22,23). The first-order chi connectivity index (χ1) is 11.9. The molecule has 0 aliphatic rings. The molecule has 1 heterocycles. The number of ether oxygens (including phenoxy) is 1. The third kappa shape index (κ3) is 5.07. The van der Waals surface area contributed by atoms with Crippen molar-refractivity contribution >= 4 is 0 Å². The first-order valence-electron chi connectivity index (χ1n) is 8.61. The van der Waals surface area contributed by atoms with Gasteiger partial charge in [-0.1, -0.05) is 54.6 Å². The van der Waals surface area contributed by atoms with Gasteiger partial charge in [0.2, 0.25) is 0 Å². The van der Waals surface area contributed by atoms with E-state index >= 15 is 0 Å². The van der Waals surface area contributed by atoms with E-state index in [9.17, 15) is 0 Å². The van der Waals surface area contributed by atoms with Gasteiger partial charge in [0.1, 0.15) is 0 Å². The fourth-order valence-corrected chi connectivity index (χ4v) is 2.76. The van der Waals surface area contributed by atoms with Gasteiger partial charge in [0.05, 0.1) is 6.33 Å². The predicted octanol–water partition coefficient (Wildman–Crippen LogP) is 4.66. The molecule has 0 amide bonds. The largest absolute Gasteiger partial charge is 0.381 e. The van der Waals surface area contributed by atoms with E-state index in [2.05, 4.69) is 58.5 Å². The highest BCUT2D eigenvalue weighted by molar-refractivity contribution is 5.63. The Morgan fingerprint density at radius 3 is 2.21 bits per heavy atom. The zero-order chi connectivity index (χ0) is 16.5. The molecule has 0 aliphatic heterocycles. The van der Waals surface area contributed by atoms with Gasteiger partial charge in [-0.2, -0.15) is 0 Å². The molecule has 0 fully saturated rings. The Hall–Kier alpha value is -2.39. The summed E-state index contributed by atoms with van der Waals surface area (Å²) >= 11 is 0. The summed E-state index contributed by atoms with van der Waals surface area (Å²) in [4.78, 5) is 7.12. The van der Waals surface area contributed by atoms with Crippen LogP contribution in [0, 0.1) is 0 Å². The van der Waals surface area contributed by atoms with Crippen molar-refractivity contribution in [1.82, 2.24) is 9.97 Å². The quantitative estimate of drug-likeness (QED) is 0.582. The van der Waals surface area contributed by atoms with E-state index in [-0.39, 0.29) is 0 Å². The second kappa shape index (κ2) is 9.04. The average molecular weight is 320 g/mol. The SMILES string of the molecule is c1ccc(-c2ccc(CCCOCCCc3cnc[nH]3)cc2)cc1. The number of aromatic nitrogens is 2. The maximum absolute atomic E-state index is 5.71. The van der Waals surface area contributed by atoms with Gasteiger partial charge < -0.3 is 9.72 Å². The van der Waals surface area contributed by atoms with Gasteiger partial charge in [0, 0.05) is 25.1 Å². The van der Waals surface area contributed by atoms with Crippen LogP contribution in [-0.2, 0) is 17.6 Å². The third-order valence-corrected chi connectivity index (χ3v) is 4.10. The summed E-state index contributed by atoms with van der Waals surface area (Å²) in [5.74, 6) is 0. The van der Waals surface area contributed by atoms with Gasteiger partial charge in [-0.15, -0.1) is 0 Å². The minimum absolute atomic E-state index is 0.811. The number of nitrogens with one attached hydrogen (secondary N) is 1. The van der Waals surface area contributed by atoms with E-state index in [1.807, 2.05) is 12.3 Å². The van der Waals surface area contributed by atoms with E-state index in [1.54, 1.807) is 6.33 Å². The van der Waals surface area contributed by atoms with Crippen LogP contribution in [0.25, 0.3) is 11.1 Å². The summed E-state index contributed by atoms with van der Waals surface area (Å²) in [7, 11) is 0. The molecule has 0 radical (unpaired) electrons. The second-order valence-electron chi connectivity index (χ2n) is 5.96. The van der Waals surface area contributed by atoms with Gasteiger partial charge in [-0.25, -0.2) is 4.98 Å². The first kappa shape index (κ1) is 16.5. The molecule has 124 valence electrons. The Labute approximate surface area is 143 Å². The van der Waals surface area contributed by atoms with Crippen LogP contribution in [-0.4, -0.2) is 23.2 Å². The molecule has 0 unspecified atom stereocenters. The molecule has 24 heavy (non-hydrogen) atoms.